The van der Waals surface area contributed by atoms with Gasteiger partial charge in [0.25, 0.3) is 0 Å². The van der Waals surface area contributed by atoms with Crippen LogP contribution in [0.15, 0.2) is 60.7 Å². The van der Waals surface area contributed by atoms with Gasteiger partial charge in [-0.15, -0.1) is 0 Å². The molecule has 0 bridgehead atoms. The van der Waals surface area contributed by atoms with Crippen molar-refractivity contribution in [3.8, 4) is 0 Å². The molecule has 2 N–H and O–H groups in total. The lowest BCUT2D eigenvalue weighted by Crippen LogP contribution is -2.37. The van der Waals surface area contributed by atoms with Gasteiger partial charge >= 0.3 is 11.9 Å². The Morgan fingerprint density at radius 2 is 1.83 bits per heavy atom. The molecule has 3 atom stereocenters. The molecule has 7 nitrogen and oxygen atoms in total. The molecule has 2 aromatic carbocycles. The average Bonchev–Trinajstić information content (AvgIpc) is 3.12. The summed E-state index contributed by atoms with van der Waals surface area (Å²) >= 11 is 0. The van der Waals surface area contributed by atoms with E-state index in [0.29, 0.717) is 29.5 Å². The zero-order chi connectivity index (χ0) is 26.3. The highest BCUT2D eigenvalue weighted by molar-refractivity contribution is 5.94. The van der Waals surface area contributed by atoms with E-state index >= 15 is 0 Å². The van der Waals surface area contributed by atoms with Gasteiger partial charge < -0.3 is 24.4 Å². The summed E-state index contributed by atoms with van der Waals surface area (Å²) in [5.74, 6) is -2.37. The van der Waals surface area contributed by atoms with Crippen LogP contribution in [0, 0.1) is 13.8 Å². The molecule has 1 fully saturated rings. The van der Waals surface area contributed by atoms with Gasteiger partial charge in [0.2, 0.25) is 0 Å². The van der Waals surface area contributed by atoms with Crippen LogP contribution < -0.4 is 0 Å². The van der Waals surface area contributed by atoms with Crippen molar-refractivity contribution in [1.82, 2.24) is 0 Å². The third-order valence-electron chi connectivity index (χ3n) is 5.81. The number of rotatable bonds is 10. The summed E-state index contributed by atoms with van der Waals surface area (Å²) in [5, 5.41) is 18.9. The van der Waals surface area contributed by atoms with E-state index in [1.165, 1.54) is 0 Å². The highest BCUT2D eigenvalue weighted by Gasteiger charge is 2.45. The largest absolute Gasteiger partial charge is 0.478 e. The molecule has 0 radical (unpaired) electrons. The van der Waals surface area contributed by atoms with Crippen molar-refractivity contribution in [2.75, 3.05) is 6.61 Å². The van der Waals surface area contributed by atoms with E-state index in [2.05, 4.69) is 0 Å². The third-order valence-corrected chi connectivity index (χ3v) is 5.81. The van der Waals surface area contributed by atoms with Crippen LogP contribution in [0.25, 0.3) is 6.08 Å². The minimum absolute atomic E-state index is 0.0304. The van der Waals surface area contributed by atoms with Crippen LogP contribution in [0.4, 0.5) is 0 Å². The topological polar surface area (TPSA) is 102 Å². The molecule has 0 aromatic heterocycles. The highest BCUT2D eigenvalue weighted by atomic mass is 16.8. The van der Waals surface area contributed by atoms with E-state index in [-0.39, 0.29) is 12.2 Å². The Balaban J connectivity index is 1.84. The SMILES string of the molecule is Cc1cc(C)c(C(=O)O)c(/C=C/C[C@@H]2OC(C)(C)OC2C(/C=C\CCO)OC(=O)c2ccccc2)c1. The normalized spacial score (nSPS) is 20.1. The number of benzene rings is 2. The van der Waals surface area contributed by atoms with Crippen LogP contribution in [0.5, 0.6) is 0 Å². The number of carboxylic acid groups (broad SMARTS) is 1. The molecule has 2 aromatic rings. The summed E-state index contributed by atoms with van der Waals surface area (Å²) in [6.45, 7) is 7.27. The van der Waals surface area contributed by atoms with E-state index in [1.807, 2.05) is 31.2 Å². The van der Waals surface area contributed by atoms with Crippen LogP contribution in [0.2, 0.25) is 0 Å². The lowest BCUT2D eigenvalue weighted by molar-refractivity contribution is -0.152. The van der Waals surface area contributed by atoms with Crippen molar-refractivity contribution in [3.05, 3.63) is 88.5 Å². The number of aryl methyl sites for hydroxylation is 2. The number of aliphatic hydroxyl groups is 1. The van der Waals surface area contributed by atoms with Crippen LogP contribution in [0.1, 0.15) is 64.1 Å². The molecule has 36 heavy (non-hydrogen) atoms. The summed E-state index contributed by atoms with van der Waals surface area (Å²) in [5.41, 5.74) is 2.97. The average molecular weight is 495 g/mol. The molecule has 1 aliphatic rings. The Bertz CT molecular complexity index is 1120. The van der Waals surface area contributed by atoms with Crippen molar-refractivity contribution < 1.29 is 34.0 Å². The summed E-state index contributed by atoms with van der Waals surface area (Å²) < 4.78 is 18.1. The zero-order valence-corrected chi connectivity index (χ0v) is 21.1. The first-order valence-corrected chi connectivity index (χ1v) is 12.0. The molecule has 0 spiro atoms. The fraction of sp³-hybridized carbons (Fsp3) is 0.379. The molecule has 1 heterocycles. The van der Waals surface area contributed by atoms with E-state index in [1.54, 1.807) is 63.3 Å². The van der Waals surface area contributed by atoms with Crippen molar-refractivity contribution in [2.24, 2.45) is 0 Å². The number of hydrogen-bond donors (Lipinski definition) is 2. The molecular formula is C29H34O7. The number of carboxylic acids is 1. The second kappa shape index (κ2) is 12.1. The van der Waals surface area contributed by atoms with E-state index in [0.717, 1.165) is 5.56 Å². The van der Waals surface area contributed by atoms with Gasteiger partial charge in [-0.2, -0.15) is 0 Å². The second-order valence-corrected chi connectivity index (χ2v) is 9.30. The summed E-state index contributed by atoms with van der Waals surface area (Å²) in [7, 11) is 0. The molecule has 2 unspecified atom stereocenters. The molecule has 3 rings (SSSR count). The number of carbonyl (C=O) groups excluding carboxylic acids is 1. The van der Waals surface area contributed by atoms with Gasteiger partial charge in [-0.25, -0.2) is 9.59 Å². The van der Waals surface area contributed by atoms with Gasteiger partial charge in [0.15, 0.2) is 5.79 Å². The fourth-order valence-corrected chi connectivity index (χ4v) is 4.36. The zero-order valence-electron chi connectivity index (χ0n) is 21.1. The van der Waals surface area contributed by atoms with Crippen molar-refractivity contribution >= 4 is 18.0 Å². The molecule has 0 saturated carbocycles. The first-order chi connectivity index (χ1) is 17.1. The molecule has 0 aliphatic carbocycles. The van der Waals surface area contributed by atoms with Crippen molar-refractivity contribution in [3.63, 3.8) is 0 Å². The summed E-state index contributed by atoms with van der Waals surface area (Å²) in [4.78, 5) is 24.6. The molecule has 7 heteroatoms. The molecular weight excluding hydrogens is 460 g/mol. The van der Waals surface area contributed by atoms with Crippen molar-refractivity contribution in [1.29, 1.82) is 0 Å². The molecule has 1 aliphatic heterocycles. The van der Waals surface area contributed by atoms with Gasteiger partial charge in [0.1, 0.15) is 12.2 Å². The quantitative estimate of drug-likeness (QED) is 0.350. The number of ether oxygens (including phenoxy) is 3. The van der Waals surface area contributed by atoms with E-state index in [4.69, 9.17) is 14.2 Å². The standard InChI is InChI=1S/C29H34O7/c1-19-17-20(2)25(27(31)32)22(18-19)13-10-15-24-26(36-29(3,4)35-24)23(14-8-9-16-30)34-28(33)21-11-6-5-7-12-21/h5-8,10-14,17-18,23-24,26,30H,9,15-16H2,1-4H3,(H,31,32)/b13-10+,14-8-/t23?,24-,26?/m0/s1. The maximum atomic E-state index is 12.8. The van der Waals surface area contributed by atoms with Crippen LogP contribution in [-0.2, 0) is 14.2 Å². The summed E-state index contributed by atoms with van der Waals surface area (Å²) in [6, 6.07) is 12.4. The highest BCUT2D eigenvalue weighted by Crippen LogP contribution is 2.34. The van der Waals surface area contributed by atoms with Gasteiger partial charge in [0, 0.05) is 6.61 Å². The smallest absolute Gasteiger partial charge is 0.338 e. The first kappa shape index (κ1) is 27.3. The van der Waals surface area contributed by atoms with Crippen LogP contribution in [-0.4, -0.2) is 52.9 Å². The lowest BCUT2D eigenvalue weighted by atomic mass is 9.97. The van der Waals surface area contributed by atoms with Crippen LogP contribution >= 0.6 is 0 Å². The minimum atomic E-state index is -0.978. The van der Waals surface area contributed by atoms with Gasteiger partial charge in [-0.05, 0) is 69.9 Å². The number of aromatic carboxylic acids is 1. The van der Waals surface area contributed by atoms with Gasteiger partial charge in [-0.3, -0.25) is 0 Å². The van der Waals surface area contributed by atoms with E-state index < -0.39 is 36.0 Å². The first-order valence-electron chi connectivity index (χ1n) is 12.0. The lowest BCUT2D eigenvalue weighted by Gasteiger charge is -2.24. The molecule has 192 valence electrons. The number of esters is 1. The Morgan fingerprint density at radius 1 is 1.11 bits per heavy atom. The third kappa shape index (κ3) is 7.13. The Kier molecular flexibility index (Phi) is 9.20. The monoisotopic (exact) mass is 494 g/mol. The maximum Gasteiger partial charge on any atom is 0.338 e. The predicted octanol–water partition coefficient (Wildman–Crippen LogP) is 5.09. The number of aliphatic hydroxyl groups excluding tert-OH is 1. The number of hydrogen-bond acceptors (Lipinski definition) is 6. The predicted molar refractivity (Wildman–Crippen MR) is 137 cm³/mol. The molecule has 1 saturated heterocycles. The summed E-state index contributed by atoms with van der Waals surface area (Å²) in [6.07, 6.45) is 6.11. The minimum Gasteiger partial charge on any atom is -0.478 e. The van der Waals surface area contributed by atoms with Gasteiger partial charge in [0.05, 0.1) is 17.2 Å². The fourth-order valence-electron chi connectivity index (χ4n) is 4.36. The Morgan fingerprint density at radius 3 is 2.50 bits per heavy atom. The number of carbonyl (C=O) groups is 2. The Hall–Kier alpha value is -3.26. The van der Waals surface area contributed by atoms with Gasteiger partial charge in [-0.1, -0.05) is 54.1 Å². The Labute approximate surface area is 212 Å². The van der Waals surface area contributed by atoms with E-state index in [9.17, 15) is 19.8 Å². The maximum absolute atomic E-state index is 12.8. The van der Waals surface area contributed by atoms with Crippen LogP contribution in [0.3, 0.4) is 0 Å². The molecule has 0 amide bonds. The second-order valence-electron chi connectivity index (χ2n) is 9.30. The van der Waals surface area contributed by atoms with Crippen molar-refractivity contribution in [2.45, 2.75) is 64.6 Å².